The van der Waals surface area contributed by atoms with Crippen LogP contribution >= 0.6 is 0 Å². The van der Waals surface area contributed by atoms with E-state index in [1.54, 1.807) is 6.07 Å². The fourth-order valence-corrected chi connectivity index (χ4v) is 5.21. The van der Waals surface area contributed by atoms with Gasteiger partial charge in [-0.3, -0.25) is 9.64 Å². The second-order valence-electron chi connectivity index (χ2n) is 8.76. The third-order valence-corrected chi connectivity index (χ3v) is 6.84. The van der Waals surface area contributed by atoms with Crippen LogP contribution in [0.5, 0.6) is 5.75 Å². The van der Waals surface area contributed by atoms with E-state index in [1.807, 2.05) is 60.7 Å². The normalized spacial score (nSPS) is 19.1. The summed E-state index contributed by atoms with van der Waals surface area (Å²) in [6.07, 6.45) is 2.79. The molecule has 1 saturated carbocycles. The summed E-state index contributed by atoms with van der Waals surface area (Å²) in [6.45, 7) is 8.78. The standard InChI is InChI=1S/C29H28FNO3/c1-31-29(24-11-7-12-25(30)19-24,27-13-6-10-22(27)18-28(32)33-2)23-14-16-26(17-15-23)34-20-21-8-4-3-5-9-21/h3-5,7-9,11-12,14-17,19,22,27H,6,10,13,18,20H2,2H3/t22-,27+,29?/m1/s1. The highest BCUT2D eigenvalue weighted by molar-refractivity contribution is 5.69. The Hall–Kier alpha value is -3.65. The molecule has 4 rings (SSSR count). The molecule has 0 amide bonds. The number of halogens is 1. The van der Waals surface area contributed by atoms with Crippen molar-refractivity contribution in [2.45, 2.75) is 37.8 Å². The highest BCUT2D eigenvalue weighted by Crippen LogP contribution is 2.52. The Morgan fingerprint density at radius 1 is 1.03 bits per heavy atom. The molecule has 1 aliphatic rings. The zero-order chi connectivity index (χ0) is 24.0. The predicted octanol–water partition coefficient (Wildman–Crippen LogP) is 6.55. The van der Waals surface area contributed by atoms with E-state index in [2.05, 4.69) is 4.85 Å². The Morgan fingerprint density at radius 3 is 2.47 bits per heavy atom. The molecule has 0 aliphatic heterocycles. The molecular formula is C29H28FNO3. The first-order chi connectivity index (χ1) is 16.6. The van der Waals surface area contributed by atoms with Crippen molar-refractivity contribution in [3.8, 4) is 5.75 Å². The van der Waals surface area contributed by atoms with Gasteiger partial charge in [-0.2, -0.15) is 0 Å². The SMILES string of the molecule is [C-]#[N+]C(c1ccc(OCc2ccccc2)cc1)(c1cccc(F)c1)[C@H]1CCC[C@@H]1CC(=O)OC. The van der Waals surface area contributed by atoms with Crippen LogP contribution in [0.1, 0.15) is 42.4 Å². The molecule has 0 aromatic heterocycles. The molecular weight excluding hydrogens is 429 g/mol. The summed E-state index contributed by atoms with van der Waals surface area (Å²) in [5, 5.41) is 0. The van der Waals surface area contributed by atoms with Crippen LogP contribution in [0.25, 0.3) is 4.85 Å². The van der Waals surface area contributed by atoms with Gasteiger partial charge in [-0.25, -0.2) is 11.0 Å². The highest BCUT2D eigenvalue weighted by Gasteiger charge is 2.54. The van der Waals surface area contributed by atoms with Crippen molar-refractivity contribution < 1.29 is 18.7 Å². The van der Waals surface area contributed by atoms with E-state index in [0.29, 0.717) is 17.9 Å². The molecule has 1 unspecified atom stereocenters. The zero-order valence-corrected chi connectivity index (χ0v) is 19.2. The topological polar surface area (TPSA) is 39.9 Å². The van der Waals surface area contributed by atoms with Crippen LogP contribution < -0.4 is 4.74 Å². The smallest absolute Gasteiger partial charge is 0.305 e. The van der Waals surface area contributed by atoms with Crippen LogP contribution in [-0.2, 0) is 21.7 Å². The van der Waals surface area contributed by atoms with E-state index in [9.17, 15) is 9.18 Å². The third kappa shape index (κ3) is 4.82. The van der Waals surface area contributed by atoms with Gasteiger partial charge < -0.3 is 9.47 Å². The van der Waals surface area contributed by atoms with Crippen LogP contribution in [0, 0.1) is 24.2 Å². The number of ether oxygens (including phenoxy) is 2. The van der Waals surface area contributed by atoms with Crippen molar-refractivity contribution in [3.05, 3.63) is 113 Å². The van der Waals surface area contributed by atoms with Gasteiger partial charge in [-0.15, -0.1) is 0 Å². The Morgan fingerprint density at radius 2 is 1.79 bits per heavy atom. The maximum Gasteiger partial charge on any atom is 0.305 e. The van der Waals surface area contributed by atoms with E-state index in [-0.39, 0.29) is 30.0 Å². The number of hydrogen-bond acceptors (Lipinski definition) is 3. The van der Waals surface area contributed by atoms with Crippen LogP contribution in [-0.4, -0.2) is 13.1 Å². The lowest BCUT2D eigenvalue weighted by Gasteiger charge is -2.32. The maximum absolute atomic E-state index is 14.3. The van der Waals surface area contributed by atoms with Gasteiger partial charge in [0, 0.05) is 23.5 Å². The molecule has 1 fully saturated rings. The lowest BCUT2D eigenvalue weighted by atomic mass is 9.68. The number of nitrogens with zero attached hydrogens (tertiary/aromatic N) is 1. The molecule has 0 bridgehead atoms. The van der Waals surface area contributed by atoms with Gasteiger partial charge in [0.1, 0.15) is 18.2 Å². The van der Waals surface area contributed by atoms with Crippen molar-refractivity contribution in [2.75, 3.05) is 7.11 Å². The predicted molar refractivity (Wildman–Crippen MR) is 128 cm³/mol. The molecule has 1 aliphatic carbocycles. The quantitative estimate of drug-likeness (QED) is 0.285. The summed E-state index contributed by atoms with van der Waals surface area (Å²) in [4.78, 5) is 16.3. The average Bonchev–Trinajstić information content (AvgIpc) is 3.33. The van der Waals surface area contributed by atoms with Gasteiger partial charge in [0.05, 0.1) is 7.11 Å². The highest BCUT2D eigenvalue weighted by atomic mass is 19.1. The molecule has 3 aromatic carbocycles. The Kier molecular flexibility index (Phi) is 7.27. The molecule has 34 heavy (non-hydrogen) atoms. The monoisotopic (exact) mass is 457 g/mol. The number of carbonyl (C=O) groups is 1. The van der Waals surface area contributed by atoms with Gasteiger partial charge in [0.2, 0.25) is 0 Å². The summed E-state index contributed by atoms with van der Waals surface area (Å²) in [6, 6.07) is 23.7. The molecule has 0 spiro atoms. The molecule has 174 valence electrons. The number of carbonyl (C=O) groups excluding carboxylic acids is 1. The van der Waals surface area contributed by atoms with Gasteiger partial charge in [0.25, 0.3) is 5.54 Å². The lowest BCUT2D eigenvalue weighted by Crippen LogP contribution is -2.36. The molecule has 0 saturated heterocycles. The second-order valence-corrected chi connectivity index (χ2v) is 8.76. The number of esters is 1. The molecule has 4 nitrogen and oxygen atoms in total. The first kappa shape index (κ1) is 23.5. The molecule has 3 aromatic rings. The molecule has 0 heterocycles. The van der Waals surface area contributed by atoms with Crippen molar-refractivity contribution in [1.29, 1.82) is 0 Å². The second kappa shape index (κ2) is 10.5. The Labute approximate surface area is 200 Å². The van der Waals surface area contributed by atoms with Crippen molar-refractivity contribution in [2.24, 2.45) is 11.8 Å². The van der Waals surface area contributed by atoms with E-state index in [0.717, 1.165) is 30.4 Å². The fraction of sp³-hybridized carbons (Fsp3) is 0.310. The van der Waals surface area contributed by atoms with Crippen molar-refractivity contribution in [1.82, 2.24) is 0 Å². The number of hydrogen-bond donors (Lipinski definition) is 0. The molecule has 3 atom stereocenters. The summed E-state index contributed by atoms with van der Waals surface area (Å²) < 4.78 is 25.2. The number of rotatable bonds is 8. The summed E-state index contributed by atoms with van der Waals surface area (Å²) >= 11 is 0. The molecule has 0 radical (unpaired) electrons. The van der Waals surface area contributed by atoms with Gasteiger partial charge >= 0.3 is 5.97 Å². The minimum atomic E-state index is -1.10. The minimum absolute atomic E-state index is 0.0150. The van der Waals surface area contributed by atoms with Crippen molar-refractivity contribution >= 4 is 5.97 Å². The van der Waals surface area contributed by atoms with Crippen LogP contribution in [0.15, 0.2) is 78.9 Å². The van der Waals surface area contributed by atoms with Gasteiger partial charge in [-0.05, 0) is 60.7 Å². The summed E-state index contributed by atoms with van der Waals surface area (Å²) in [7, 11) is 1.38. The third-order valence-electron chi connectivity index (χ3n) is 6.84. The maximum atomic E-state index is 14.3. The Balaban J connectivity index is 1.69. The van der Waals surface area contributed by atoms with E-state index >= 15 is 0 Å². The fourth-order valence-electron chi connectivity index (χ4n) is 5.21. The molecule has 5 heteroatoms. The first-order valence-electron chi connectivity index (χ1n) is 11.6. The van der Waals surface area contributed by atoms with Gasteiger partial charge in [0.15, 0.2) is 0 Å². The largest absolute Gasteiger partial charge is 0.489 e. The van der Waals surface area contributed by atoms with Crippen molar-refractivity contribution in [3.63, 3.8) is 0 Å². The minimum Gasteiger partial charge on any atom is -0.489 e. The first-order valence-corrected chi connectivity index (χ1v) is 11.6. The van der Waals surface area contributed by atoms with E-state index in [1.165, 1.54) is 19.2 Å². The zero-order valence-electron chi connectivity index (χ0n) is 19.2. The van der Waals surface area contributed by atoms with E-state index in [4.69, 9.17) is 16.0 Å². The molecule has 0 N–H and O–H groups in total. The number of methoxy groups -OCH3 is 1. The van der Waals surface area contributed by atoms with Crippen LogP contribution in [0.2, 0.25) is 0 Å². The van der Waals surface area contributed by atoms with Crippen LogP contribution in [0.4, 0.5) is 4.39 Å². The number of benzene rings is 3. The lowest BCUT2D eigenvalue weighted by molar-refractivity contribution is -0.142. The average molecular weight is 458 g/mol. The van der Waals surface area contributed by atoms with Crippen LogP contribution in [0.3, 0.4) is 0 Å². The summed E-state index contributed by atoms with van der Waals surface area (Å²) in [5.41, 5.74) is 1.36. The van der Waals surface area contributed by atoms with E-state index < -0.39 is 5.54 Å². The summed E-state index contributed by atoms with van der Waals surface area (Å²) in [5.74, 6) is -0.111. The Bertz CT molecular complexity index is 1160. The van der Waals surface area contributed by atoms with Gasteiger partial charge in [-0.1, -0.05) is 48.9 Å².